The van der Waals surface area contributed by atoms with Gasteiger partial charge in [0.15, 0.2) is 0 Å². The number of carbonyl (C=O) groups excluding carboxylic acids is 1. The second kappa shape index (κ2) is 4.12. The molecule has 14 heavy (non-hydrogen) atoms. The minimum atomic E-state index is -0.276. The molecule has 0 atom stereocenters. The molecule has 0 saturated heterocycles. The predicted octanol–water partition coefficient (Wildman–Crippen LogP) is 1.56. The quantitative estimate of drug-likeness (QED) is 0.637. The first-order valence-electron chi connectivity index (χ1n) is 4.78. The van der Waals surface area contributed by atoms with Gasteiger partial charge in [0.1, 0.15) is 0 Å². The third-order valence-electron chi connectivity index (χ3n) is 2.19. The summed E-state index contributed by atoms with van der Waals surface area (Å²) in [6, 6.07) is 1.96. The summed E-state index contributed by atoms with van der Waals surface area (Å²) >= 11 is 0. The first-order chi connectivity index (χ1) is 6.41. The molecule has 1 rings (SSSR count). The van der Waals surface area contributed by atoms with Crippen LogP contribution in [0.2, 0.25) is 0 Å². The molecule has 3 heteroatoms. The molecule has 0 amide bonds. The summed E-state index contributed by atoms with van der Waals surface area (Å²) in [5, 5.41) is 0. The van der Waals surface area contributed by atoms with E-state index in [1.54, 1.807) is 0 Å². The van der Waals surface area contributed by atoms with E-state index in [9.17, 15) is 4.79 Å². The van der Waals surface area contributed by atoms with Crippen LogP contribution in [0.25, 0.3) is 0 Å². The van der Waals surface area contributed by atoms with Crippen molar-refractivity contribution in [3.63, 3.8) is 0 Å². The van der Waals surface area contributed by atoms with Crippen molar-refractivity contribution in [2.75, 3.05) is 0 Å². The Balaban J connectivity index is 3.10. The van der Waals surface area contributed by atoms with Crippen LogP contribution in [0.3, 0.4) is 0 Å². The zero-order valence-electron chi connectivity index (χ0n) is 9.00. The van der Waals surface area contributed by atoms with Crippen molar-refractivity contribution in [1.29, 1.82) is 0 Å². The second-order valence-electron chi connectivity index (χ2n) is 4.55. The van der Waals surface area contributed by atoms with Gasteiger partial charge in [-0.2, -0.15) is 0 Å². The fourth-order valence-corrected chi connectivity index (χ4v) is 1.59. The van der Waals surface area contributed by atoms with E-state index in [4.69, 9.17) is 7.85 Å². The first-order valence-corrected chi connectivity index (χ1v) is 4.78. The van der Waals surface area contributed by atoms with Crippen LogP contribution >= 0.6 is 0 Å². The molecule has 0 bridgehead atoms. The van der Waals surface area contributed by atoms with Crippen LogP contribution in [-0.2, 0) is 16.6 Å². The molecule has 70 valence electrons. The van der Waals surface area contributed by atoms with Gasteiger partial charge < -0.3 is 0 Å². The van der Waals surface area contributed by atoms with Crippen molar-refractivity contribution in [1.82, 2.24) is 0 Å². The molecule has 1 heterocycles. The van der Waals surface area contributed by atoms with E-state index in [1.165, 1.54) is 5.56 Å². The Hall–Kier alpha value is -0.850. The molecule has 0 saturated carbocycles. The zero-order valence-corrected chi connectivity index (χ0v) is 9.00. The molecule has 0 spiro atoms. The molecule has 0 aromatic carbocycles. The van der Waals surface area contributed by atoms with Crippen molar-refractivity contribution in [3.05, 3.63) is 29.1 Å². The minimum absolute atomic E-state index is 0.0616. The second-order valence-corrected chi connectivity index (χ2v) is 4.55. The summed E-state index contributed by atoms with van der Waals surface area (Å²) in [6.45, 7) is 8.39. The summed E-state index contributed by atoms with van der Waals surface area (Å²) < 4.78 is 0. The van der Waals surface area contributed by atoms with E-state index in [2.05, 4.69) is 26.7 Å². The Kier molecular flexibility index (Phi) is 3.30. The van der Waals surface area contributed by atoms with Gasteiger partial charge in [-0.15, -0.1) is 0 Å². The number of carbonyl (C=O) groups is 1. The van der Waals surface area contributed by atoms with Crippen molar-refractivity contribution in [2.24, 2.45) is 0 Å². The number of hydrogen-bond donors (Lipinski definition) is 0. The third kappa shape index (κ3) is 2.83. The molecular weight excluding hydrogens is 170 g/mol. The van der Waals surface area contributed by atoms with Gasteiger partial charge in [-0.1, -0.05) is 0 Å². The van der Waals surface area contributed by atoms with E-state index in [1.807, 2.05) is 18.9 Å². The molecule has 1 aromatic rings. The van der Waals surface area contributed by atoms with E-state index >= 15 is 0 Å². The zero-order chi connectivity index (χ0) is 10.8. The van der Waals surface area contributed by atoms with Gasteiger partial charge in [-0.3, -0.25) is 0 Å². The van der Waals surface area contributed by atoms with Gasteiger partial charge in [-0.05, 0) is 0 Å². The van der Waals surface area contributed by atoms with Crippen LogP contribution < -0.4 is 0 Å². The molecule has 0 N–H and O–H groups in total. The van der Waals surface area contributed by atoms with Crippen LogP contribution in [0.1, 0.15) is 31.9 Å². The van der Waals surface area contributed by atoms with E-state index in [0.717, 1.165) is 5.56 Å². The molecule has 1 nitrogen and oxygen atoms in total. The summed E-state index contributed by atoms with van der Waals surface area (Å²) in [4.78, 5) is 10.9. The Morgan fingerprint density at radius 2 is 2.14 bits per heavy atom. The molecule has 0 unspecified atom stereocenters. The SMILES string of the molecule is [B]C(=O)Cc1ccbcc1C(C)(C)C. The van der Waals surface area contributed by atoms with Gasteiger partial charge in [0.05, 0.1) is 0 Å². The van der Waals surface area contributed by atoms with Crippen LogP contribution in [0, 0.1) is 0 Å². The third-order valence-corrected chi connectivity index (χ3v) is 2.19. The van der Waals surface area contributed by atoms with Gasteiger partial charge in [0.2, 0.25) is 0 Å². The van der Waals surface area contributed by atoms with Crippen LogP contribution in [0.5, 0.6) is 0 Å². The van der Waals surface area contributed by atoms with Gasteiger partial charge in [0.25, 0.3) is 0 Å². The fourth-order valence-electron chi connectivity index (χ4n) is 1.59. The molecule has 0 aliphatic heterocycles. The maximum absolute atomic E-state index is 10.9. The first kappa shape index (κ1) is 11.2. The van der Waals surface area contributed by atoms with Gasteiger partial charge >= 0.3 is 87.0 Å². The molecule has 0 aliphatic carbocycles. The van der Waals surface area contributed by atoms with Crippen molar-refractivity contribution in [3.8, 4) is 0 Å². The summed E-state index contributed by atoms with van der Waals surface area (Å²) in [5.74, 6) is 3.99. The number of rotatable bonds is 2. The summed E-state index contributed by atoms with van der Waals surface area (Å²) in [5.41, 5.74) is 2.01. The van der Waals surface area contributed by atoms with Gasteiger partial charge in [-0.25, -0.2) is 0 Å². The molecule has 2 radical (unpaired) electrons. The standard InChI is InChI=1S/C11H14B2O/c1-11(2,3)9-7-13-5-4-8(9)6-10(12)14/h4-5,7H,6H2,1-3H3. The van der Waals surface area contributed by atoms with E-state index in [-0.39, 0.29) is 11.1 Å². The Morgan fingerprint density at radius 1 is 1.50 bits per heavy atom. The average molecular weight is 184 g/mol. The fraction of sp³-hybridized carbons (Fsp3) is 0.455. The van der Waals surface area contributed by atoms with Gasteiger partial charge in [0, 0.05) is 0 Å². The van der Waals surface area contributed by atoms with E-state index in [0.29, 0.717) is 6.42 Å². The molecule has 1 aromatic heterocycles. The Bertz CT molecular complexity index is 339. The Labute approximate surface area is 87.5 Å². The van der Waals surface area contributed by atoms with Crippen LogP contribution in [0.4, 0.5) is 0 Å². The Morgan fingerprint density at radius 3 is 2.64 bits per heavy atom. The van der Waals surface area contributed by atoms with Crippen LogP contribution in [0.15, 0.2) is 18.0 Å². The topological polar surface area (TPSA) is 17.1 Å². The van der Waals surface area contributed by atoms with Crippen LogP contribution in [-0.4, -0.2) is 20.4 Å². The normalized spacial score (nSPS) is 11.1. The van der Waals surface area contributed by atoms with Crippen molar-refractivity contribution < 1.29 is 4.79 Å². The molecular formula is C11H14B2O. The van der Waals surface area contributed by atoms with E-state index < -0.39 is 0 Å². The maximum atomic E-state index is 10.9. The average Bonchev–Trinajstić information content (AvgIpc) is 2.01. The van der Waals surface area contributed by atoms with Crippen molar-refractivity contribution >= 4 is 20.4 Å². The molecule has 0 aliphatic rings. The monoisotopic (exact) mass is 184 g/mol. The summed E-state index contributed by atoms with van der Waals surface area (Å²) in [7, 11) is 5.20. The van der Waals surface area contributed by atoms with Crippen molar-refractivity contribution in [2.45, 2.75) is 32.6 Å². The number of hydrogen-bond acceptors (Lipinski definition) is 1. The summed E-state index contributed by atoms with van der Waals surface area (Å²) in [6.07, 6.45) is 0.327. The predicted molar refractivity (Wildman–Crippen MR) is 61.0 cm³/mol. The molecule has 0 fully saturated rings.